The number of hydrogen-bond acceptors (Lipinski definition) is 4. The highest BCUT2D eigenvalue weighted by atomic mass is 16.5. The minimum absolute atomic E-state index is 0.0623. The summed E-state index contributed by atoms with van der Waals surface area (Å²) in [5, 5.41) is 2.70. The monoisotopic (exact) mass is 279 g/mol. The molecule has 110 valence electrons. The van der Waals surface area contributed by atoms with Crippen molar-refractivity contribution in [1.29, 1.82) is 0 Å². The maximum Gasteiger partial charge on any atom is 0.328 e. The summed E-state index contributed by atoms with van der Waals surface area (Å²) in [7, 11) is 1.50. The van der Waals surface area contributed by atoms with Crippen molar-refractivity contribution in [3.8, 4) is 5.75 Å². The SMILES string of the molecule is CCOC(=O)C(NC(=O)c1ccccc1OC)C(C)C. The van der Waals surface area contributed by atoms with Crippen LogP contribution in [-0.4, -0.2) is 31.6 Å². The van der Waals surface area contributed by atoms with E-state index in [0.29, 0.717) is 11.3 Å². The molecule has 1 aromatic rings. The summed E-state index contributed by atoms with van der Waals surface area (Å²) in [4.78, 5) is 24.1. The van der Waals surface area contributed by atoms with Gasteiger partial charge in [0.2, 0.25) is 0 Å². The van der Waals surface area contributed by atoms with Crippen LogP contribution in [0.15, 0.2) is 24.3 Å². The van der Waals surface area contributed by atoms with Crippen LogP contribution in [0.4, 0.5) is 0 Å². The van der Waals surface area contributed by atoms with Gasteiger partial charge in [-0.25, -0.2) is 4.79 Å². The minimum atomic E-state index is -0.674. The minimum Gasteiger partial charge on any atom is -0.496 e. The molecule has 5 heteroatoms. The van der Waals surface area contributed by atoms with Crippen LogP contribution in [0.3, 0.4) is 0 Å². The maximum atomic E-state index is 12.2. The fourth-order valence-electron chi connectivity index (χ4n) is 1.78. The van der Waals surface area contributed by atoms with E-state index in [1.165, 1.54) is 7.11 Å². The van der Waals surface area contributed by atoms with Crippen LogP contribution in [0, 0.1) is 5.92 Å². The Morgan fingerprint density at radius 1 is 1.25 bits per heavy atom. The molecular formula is C15H21NO4. The van der Waals surface area contributed by atoms with E-state index in [0.717, 1.165) is 0 Å². The molecule has 0 aliphatic heterocycles. The first kappa shape index (κ1) is 16.0. The lowest BCUT2D eigenvalue weighted by molar-refractivity contribution is -0.146. The van der Waals surface area contributed by atoms with Gasteiger partial charge in [-0.2, -0.15) is 0 Å². The average molecular weight is 279 g/mol. The quantitative estimate of drug-likeness (QED) is 0.809. The molecular weight excluding hydrogens is 258 g/mol. The Morgan fingerprint density at radius 2 is 1.90 bits per heavy atom. The molecule has 0 fully saturated rings. The van der Waals surface area contributed by atoms with Crippen molar-refractivity contribution in [2.75, 3.05) is 13.7 Å². The number of ether oxygens (including phenoxy) is 2. The number of benzene rings is 1. The zero-order valence-electron chi connectivity index (χ0n) is 12.3. The summed E-state index contributed by atoms with van der Waals surface area (Å²) in [5.41, 5.74) is 0.393. The molecule has 0 aliphatic rings. The van der Waals surface area contributed by atoms with Gasteiger partial charge in [-0.1, -0.05) is 26.0 Å². The molecule has 20 heavy (non-hydrogen) atoms. The van der Waals surface area contributed by atoms with E-state index in [2.05, 4.69) is 5.32 Å². The molecule has 1 aromatic carbocycles. The molecule has 1 N–H and O–H groups in total. The first-order chi connectivity index (χ1) is 9.51. The van der Waals surface area contributed by atoms with Crippen molar-refractivity contribution in [2.45, 2.75) is 26.8 Å². The third kappa shape index (κ3) is 3.98. The lowest BCUT2D eigenvalue weighted by Crippen LogP contribution is -2.45. The number of rotatable bonds is 6. The maximum absolute atomic E-state index is 12.2. The summed E-state index contributed by atoms with van der Waals surface area (Å²) in [5.74, 6) is -0.371. The lowest BCUT2D eigenvalue weighted by Gasteiger charge is -2.21. The van der Waals surface area contributed by atoms with Gasteiger partial charge in [0.15, 0.2) is 0 Å². The Hall–Kier alpha value is -2.04. The van der Waals surface area contributed by atoms with Crippen LogP contribution in [0.2, 0.25) is 0 Å². The highest BCUT2D eigenvalue weighted by molar-refractivity contribution is 5.99. The number of methoxy groups -OCH3 is 1. The van der Waals surface area contributed by atoms with Gasteiger partial charge in [-0.15, -0.1) is 0 Å². The van der Waals surface area contributed by atoms with Crippen molar-refractivity contribution in [2.24, 2.45) is 5.92 Å². The van der Waals surface area contributed by atoms with Gasteiger partial charge in [-0.3, -0.25) is 4.79 Å². The van der Waals surface area contributed by atoms with Crippen molar-refractivity contribution in [3.63, 3.8) is 0 Å². The Balaban J connectivity index is 2.88. The van der Waals surface area contributed by atoms with Crippen molar-refractivity contribution < 1.29 is 19.1 Å². The molecule has 5 nitrogen and oxygen atoms in total. The Morgan fingerprint density at radius 3 is 2.45 bits per heavy atom. The summed E-state index contributed by atoms with van der Waals surface area (Å²) in [6, 6.07) is 6.19. The van der Waals surface area contributed by atoms with Gasteiger partial charge in [0.1, 0.15) is 11.8 Å². The zero-order chi connectivity index (χ0) is 15.1. The smallest absolute Gasteiger partial charge is 0.328 e. The van der Waals surface area contributed by atoms with Crippen molar-refractivity contribution in [3.05, 3.63) is 29.8 Å². The summed E-state index contributed by atoms with van der Waals surface area (Å²) in [6.45, 7) is 5.72. The van der Waals surface area contributed by atoms with Crippen molar-refractivity contribution in [1.82, 2.24) is 5.32 Å². The number of carbonyl (C=O) groups excluding carboxylic acids is 2. The molecule has 1 unspecified atom stereocenters. The van der Waals surface area contributed by atoms with Crippen LogP contribution in [0.5, 0.6) is 5.75 Å². The molecule has 0 heterocycles. The number of esters is 1. The second-order valence-corrected chi connectivity index (χ2v) is 4.65. The third-order valence-corrected chi connectivity index (χ3v) is 2.85. The Bertz CT molecular complexity index is 471. The highest BCUT2D eigenvalue weighted by Gasteiger charge is 2.26. The topological polar surface area (TPSA) is 64.6 Å². The van der Waals surface area contributed by atoms with E-state index >= 15 is 0 Å². The molecule has 1 atom stereocenters. The number of amides is 1. The van der Waals surface area contributed by atoms with Gasteiger partial charge in [0.05, 0.1) is 19.3 Å². The number of hydrogen-bond donors (Lipinski definition) is 1. The first-order valence-electron chi connectivity index (χ1n) is 6.61. The highest BCUT2D eigenvalue weighted by Crippen LogP contribution is 2.17. The second kappa shape index (κ2) is 7.53. The van der Waals surface area contributed by atoms with E-state index in [1.54, 1.807) is 31.2 Å². The Kier molecular flexibility index (Phi) is 6.03. The molecule has 0 aromatic heterocycles. The number of para-hydroxylation sites is 1. The molecule has 0 radical (unpaired) electrons. The predicted molar refractivity (Wildman–Crippen MR) is 75.7 cm³/mol. The van der Waals surface area contributed by atoms with E-state index in [-0.39, 0.29) is 18.4 Å². The molecule has 0 saturated heterocycles. The zero-order valence-corrected chi connectivity index (χ0v) is 12.3. The number of nitrogens with one attached hydrogen (secondary N) is 1. The largest absolute Gasteiger partial charge is 0.496 e. The van der Waals surface area contributed by atoms with Gasteiger partial charge < -0.3 is 14.8 Å². The summed E-state index contributed by atoms with van der Waals surface area (Å²) >= 11 is 0. The molecule has 1 amide bonds. The molecule has 0 spiro atoms. The van der Waals surface area contributed by atoms with E-state index in [1.807, 2.05) is 13.8 Å². The van der Waals surface area contributed by atoms with Crippen LogP contribution in [0.25, 0.3) is 0 Å². The van der Waals surface area contributed by atoms with Gasteiger partial charge in [0.25, 0.3) is 5.91 Å². The average Bonchev–Trinajstić information content (AvgIpc) is 2.44. The fraction of sp³-hybridized carbons (Fsp3) is 0.467. The second-order valence-electron chi connectivity index (χ2n) is 4.65. The number of carbonyl (C=O) groups is 2. The summed E-state index contributed by atoms with van der Waals surface area (Å²) in [6.07, 6.45) is 0. The third-order valence-electron chi connectivity index (χ3n) is 2.85. The van der Waals surface area contributed by atoms with Crippen LogP contribution in [0.1, 0.15) is 31.1 Å². The molecule has 1 rings (SSSR count). The van der Waals surface area contributed by atoms with Gasteiger partial charge >= 0.3 is 5.97 Å². The van der Waals surface area contributed by atoms with Crippen LogP contribution >= 0.6 is 0 Å². The fourth-order valence-corrected chi connectivity index (χ4v) is 1.78. The van der Waals surface area contributed by atoms with Gasteiger partial charge in [-0.05, 0) is 25.0 Å². The predicted octanol–water partition coefficient (Wildman–Crippen LogP) is 2.01. The Labute approximate surface area is 119 Å². The molecule has 0 aliphatic carbocycles. The first-order valence-corrected chi connectivity index (χ1v) is 6.61. The molecule has 0 bridgehead atoms. The summed E-state index contributed by atoms with van der Waals surface area (Å²) < 4.78 is 10.1. The van der Waals surface area contributed by atoms with Crippen molar-refractivity contribution >= 4 is 11.9 Å². The normalized spacial score (nSPS) is 11.8. The standard InChI is InChI=1S/C15H21NO4/c1-5-20-15(18)13(10(2)3)16-14(17)11-8-6-7-9-12(11)19-4/h6-10,13H,5H2,1-4H3,(H,16,17). The van der Waals surface area contributed by atoms with E-state index in [4.69, 9.17) is 9.47 Å². The lowest BCUT2D eigenvalue weighted by atomic mass is 10.0. The molecule has 0 saturated carbocycles. The van der Waals surface area contributed by atoms with Crippen LogP contribution < -0.4 is 10.1 Å². The van der Waals surface area contributed by atoms with Gasteiger partial charge in [0, 0.05) is 0 Å². The van der Waals surface area contributed by atoms with E-state index < -0.39 is 12.0 Å². The van der Waals surface area contributed by atoms with Crippen LogP contribution in [-0.2, 0) is 9.53 Å². The van der Waals surface area contributed by atoms with E-state index in [9.17, 15) is 9.59 Å².